The topological polar surface area (TPSA) is 13.1 Å². The Kier molecular flexibility index (Phi) is 1.60. The van der Waals surface area contributed by atoms with Crippen molar-refractivity contribution in [1.29, 1.82) is 0 Å². The van der Waals surface area contributed by atoms with E-state index in [9.17, 15) is 0 Å². The Morgan fingerprint density at radius 3 is 3.00 bits per heavy atom. The lowest BCUT2D eigenvalue weighted by Gasteiger charge is -1.80. The normalized spacial score (nSPS) is 8.89. The van der Waals surface area contributed by atoms with Crippen LogP contribution in [0.3, 0.4) is 0 Å². The number of hydrogen-bond donors (Lipinski definition) is 0. The van der Waals surface area contributed by atoms with Crippen molar-refractivity contribution in [2.75, 3.05) is 0 Å². The molecule has 1 heterocycles. The van der Waals surface area contributed by atoms with Gasteiger partial charge in [0.05, 0.1) is 12.7 Å². The van der Waals surface area contributed by atoms with Crippen molar-refractivity contribution in [1.82, 2.24) is 0 Å². The van der Waals surface area contributed by atoms with Crippen molar-refractivity contribution in [3.8, 4) is 12.3 Å². The van der Waals surface area contributed by atoms with Crippen LogP contribution in [0.4, 0.5) is 0 Å². The zero-order chi connectivity index (χ0) is 6.69. The van der Waals surface area contributed by atoms with Crippen molar-refractivity contribution in [2.45, 2.75) is 6.42 Å². The highest BCUT2D eigenvalue weighted by molar-refractivity contribution is 5.18. The van der Waals surface area contributed by atoms with Crippen LogP contribution in [0.15, 0.2) is 16.7 Å². The largest absolute Gasteiger partial charge is 0.468 e. The summed E-state index contributed by atoms with van der Waals surface area (Å²) in [7, 11) is 0. The van der Waals surface area contributed by atoms with Gasteiger partial charge in [0.15, 0.2) is 0 Å². The zero-order valence-corrected chi connectivity index (χ0v) is 5.05. The second kappa shape index (κ2) is 2.41. The van der Waals surface area contributed by atoms with Crippen LogP contribution in [0.25, 0.3) is 0 Å². The van der Waals surface area contributed by atoms with Crippen molar-refractivity contribution in [2.24, 2.45) is 0 Å². The molecule has 1 radical (unpaired) electrons. The highest BCUT2D eigenvalue weighted by atomic mass is 16.3. The minimum absolute atomic E-state index is 0.551. The maximum atomic E-state index is 5.04. The summed E-state index contributed by atoms with van der Waals surface area (Å²) in [4.78, 5) is 0. The summed E-state index contributed by atoms with van der Waals surface area (Å²) in [5.74, 6) is 3.28. The van der Waals surface area contributed by atoms with Gasteiger partial charge in [-0.2, -0.15) is 0 Å². The van der Waals surface area contributed by atoms with E-state index in [0.717, 1.165) is 11.3 Å². The predicted octanol–water partition coefficient (Wildman–Crippen LogP) is 1.64. The van der Waals surface area contributed by atoms with Gasteiger partial charge in [0.2, 0.25) is 0 Å². The minimum Gasteiger partial charge on any atom is -0.468 e. The van der Waals surface area contributed by atoms with Crippen LogP contribution in [-0.4, -0.2) is 0 Å². The molecule has 1 heteroatoms. The summed E-state index contributed by atoms with van der Waals surface area (Å²) in [6.45, 7) is 3.66. The van der Waals surface area contributed by atoms with E-state index in [1.165, 1.54) is 0 Å². The molecule has 1 aromatic rings. The first-order valence-corrected chi connectivity index (χ1v) is 2.66. The number of terminal acetylenes is 1. The van der Waals surface area contributed by atoms with Crippen LogP contribution in [-0.2, 0) is 6.42 Å². The van der Waals surface area contributed by atoms with Gasteiger partial charge in [-0.15, -0.1) is 6.42 Å². The first-order chi connectivity index (χ1) is 4.33. The fourth-order valence-corrected chi connectivity index (χ4v) is 0.619. The maximum Gasteiger partial charge on any atom is 0.115 e. The summed E-state index contributed by atoms with van der Waals surface area (Å²) < 4.78 is 5.00. The molecule has 0 bridgehead atoms. The van der Waals surface area contributed by atoms with Gasteiger partial charge in [0.1, 0.15) is 5.76 Å². The van der Waals surface area contributed by atoms with Gasteiger partial charge in [0.25, 0.3) is 0 Å². The van der Waals surface area contributed by atoms with Crippen LogP contribution >= 0.6 is 0 Å². The standard InChI is InChI=1S/C8H7O/c1-3-4-8-5-7(2)6-9-8/h1,5-6H,2,4H2. The molecule has 0 aromatic carbocycles. The Morgan fingerprint density at radius 1 is 1.78 bits per heavy atom. The molecule has 0 amide bonds. The lowest BCUT2D eigenvalue weighted by Crippen LogP contribution is -1.71. The van der Waals surface area contributed by atoms with E-state index in [0.29, 0.717) is 6.42 Å². The molecule has 0 unspecified atom stereocenters. The predicted molar refractivity (Wildman–Crippen MR) is 35.7 cm³/mol. The summed E-state index contributed by atoms with van der Waals surface area (Å²) in [6.07, 6.45) is 7.18. The summed E-state index contributed by atoms with van der Waals surface area (Å²) in [5.41, 5.74) is 0.875. The van der Waals surface area contributed by atoms with E-state index < -0.39 is 0 Å². The maximum absolute atomic E-state index is 5.04. The highest BCUT2D eigenvalue weighted by Gasteiger charge is 1.93. The van der Waals surface area contributed by atoms with Gasteiger partial charge in [0, 0.05) is 0 Å². The van der Waals surface area contributed by atoms with Gasteiger partial charge >= 0.3 is 0 Å². The van der Waals surface area contributed by atoms with Crippen LogP contribution in [0.2, 0.25) is 0 Å². The molecule has 45 valence electrons. The quantitative estimate of drug-likeness (QED) is 0.512. The lowest BCUT2D eigenvalue weighted by molar-refractivity contribution is 0.524. The second-order valence-corrected chi connectivity index (χ2v) is 1.80. The average Bonchev–Trinajstić information content (AvgIpc) is 2.17. The van der Waals surface area contributed by atoms with E-state index in [1.54, 1.807) is 6.26 Å². The molecule has 0 saturated carbocycles. The third-order valence-electron chi connectivity index (χ3n) is 0.984. The number of furan rings is 1. The molecule has 1 rings (SSSR count). The van der Waals surface area contributed by atoms with Gasteiger partial charge < -0.3 is 4.42 Å². The van der Waals surface area contributed by atoms with Crippen LogP contribution in [0, 0.1) is 19.3 Å². The van der Waals surface area contributed by atoms with E-state index >= 15 is 0 Å². The molecule has 1 aromatic heterocycles. The molecule has 9 heavy (non-hydrogen) atoms. The van der Waals surface area contributed by atoms with Crippen molar-refractivity contribution >= 4 is 0 Å². The molecule has 0 atom stereocenters. The molecule has 0 aliphatic rings. The van der Waals surface area contributed by atoms with E-state index in [1.807, 2.05) is 6.07 Å². The Morgan fingerprint density at radius 2 is 2.56 bits per heavy atom. The molecule has 0 N–H and O–H groups in total. The van der Waals surface area contributed by atoms with Crippen LogP contribution in [0.1, 0.15) is 11.3 Å². The average molecular weight is 119 g/mol. The summed E-state index contributed by atoms with van der Waals surface area (Å²) in [6, 6.07) is 1.83. The zero-order valence-electron chi connectivity index (χ0n) is 5.05. The van der Waals surface area contributed by atoms with Gasteiger partial charge in [-0.1, -0.05) is 5.92 Å². The molecular weight excluding hydrogens is 112 g/mol. The van der Waals surface area contributed by atoms with Crippen molar-refractivity contribution < 1.29 is 4.42 Å². The molecule has 0 spiro atoms. The van der Waals surface area contributed by atoms with E-state index in [4.69, 9.17) is 10.8 Å². The Hall–Kier alpha value is -1.16. The lowest BCUT2D eigenvalue weighted by atomic mass is 10.3. The summed E-state index contributed by atoms with van der Waals surface area (Å²) >= 11 is 0. The Bertz CT molecular complexity index is 227. The van der Waals surface area contributed by atoms with Crippen LogP contribution in [0.5, 0.6) is 0 Å². The Labute approximate surface area is 54.7 Å². The molecule has 0 fully saturated rings. The minimum atomic E-state index is 0.551. The molecule has 0 aliphatic carbocycles. The number of rotatable bonds is 1. The molecule has 0 aliphatic heterocycles. The van der Waals surface area contributed by atoms with Crippen molar-refractivity contribution in [3.05, 3.63) is 30.6 Å². The first-order valence-electron chi connectivity index (χ1n) is 2.66. The van der Waals surface area contributed by atoms with E-state index in [-0.39, 0.29) is 0 Å². The smallest absolute Gasteiger partial charge is 0.115 e. The second-order valence-electron chi connectivity index (χ2n) is 1.80. The fourth-order valence-electron chi connectivity index (χ4n) is 0.619. The van der Waals surface area contributed by atoms with Crippen molar-refractivity contribution in [3.63, 3.8) is 0 Å². The third kappa shape index (κ3) is 1.36. The van der Waals surface area contributed by atoms with E-state index in [2.05, 4.69) is 12.8 Å². The van der Waals surface area contributed by atoms with Gasteiger partial charge in [-0.05, 0) is 18.6 Å². The van der Waals surface area contributed by atoms with Crippen LogP contribution < -0.4 is 0 Å². The number of hydrogen-bond acceptors (Lipinski definition) is 1. The third-order valence-corrected chi connectivity index (χ3v) is 0.984. The van der Waals surface area contributed by atoms with Gasteiger partial charge in [-0.3, -0.25) is 0 Å². The molecule has 0 saturated heterocycles. The summed E-state index contributed by atoms with van der Waals surface area (Å²) in [5, 5.41) is 0. The fraction of sp³-hybridized carbons (Fsp3) is 0.125. The molecular formula is C8H7O. The van der Waals surface area contributed by atoms with Gasteiger partial charge in [-0.25, -0.2) is 0 Å². The first kappa shape index (κ1) is 5.97. The highest BCUT2D eigenvalue weighted by Crippen LogP contribution is 2.05. The SMILES string of the molecule is C#CCc1cc([CH2])co1. The monoisotopic (exact) mass is 119 g/mol. The molecule has 1 nitrogen and oxygen atoms in total. The Balaban J connectivity index is 2.76.